The molecule has 1 atom stereocenters. The van der Waals surface area contributed by atoms with Gasteiger partial charge in [-0.05, 0) is 27.2 Å². The zero-order valence-electron chi connectivity index (χ0n) is 11.1. The smallest absolute Gasteiger partial charge is 0.408 e. The number of hydrogen-bond acceptors (Lipinski definition) is 4. The molecule has 0 heterocycles. The van der Waals surface area contributed by atoms with Crippen LogP contribution in [0.2, 0.25) is 0 Å². The van der Waals surface area contributed by atoms with E-state index in [2.05, 4.69) is 10.1 Å². The summed E-state index contributed by atoms with van der Waals surface area (Å²) >= 11 is 0. The summed E-state index contributed by atoms with van der Waals surface area (Å²) in [5.74, 6) is -0.450. The fourth-order valence-electron chi connectivity index (χ4n) is 1.01. The van der Waals surface area contributed by atoms with E-state index in [0.717, 1.165) is 0 Å². The van der Waals surface area contributed by atoms with Crippen LogP contribution in [0, 0.1) is 0 Å². The van der Waals surface area contributed by atoms with Crippen molar-refractivity contribution in [3.05, 3.63) is 12.2 Å². The van der Waals surface area contributed by atoms with Crippen molar-refractivity contribution in [2.24, 2.45) is 0 Å². The van der Waals surface area contributed by atoms with Gasteiger partial charge < -0.3 is 14.8 Å². The van der Waals surface area contributed by atoms with Crippen LogP contribution in [0.4, 0.5) is 4.79 Å². The molecular weight excluding hydrogens is 222 g/mol. The fraction of sp³-hybridized carbons (Fsp3) is 0.667. The standard InChI is InChI=1S/C12H21NO4.H2/c1-6-9(7-8-10(14)16-5)13-11(15)17-12(2,3)4;/h7-9H,6H2,1-5H3,(H,13,15);1H/b8-7+;/t9-;/m0./s1. The number of nitrogens with one attached hydrogen (secondary N) is 1. The number of esters is 1. The van der Waals surface area contributed by atoms with Crippen LogP contribution in [-0.4, -0.2) is 30.8 Å². The Bertz CT molecular complexity index is 297. The highest BCUT2D eigenvalue weighted by molar-refractivity contribution is 5.82. The first-order valence-electron chi connectivity index (χ1n) is 5.54. The largest absolute Gasteiger partial charge is 0.466 e. The molecule has 0 aromatic heterocycles. The van der Waals surface area contributed by atoms with E-state index in [0.29, 0.717) is 6.42 Å². The summed E-state index contributed by atoms with van der Waals surface area (Å²) in [6.45, 7) is 7.26. The zero-order valence-corrected chi connectivity index (χ0v) is 11.1. The van der Waals surface area contributed by atoms with Gasteiger partial charge in [0.15, 0.2) is 0 Å². The number of hydrogen-bond donors (Lipinski definition) is 1. The Balaban J connectivity index is 0. The second-order valence-corrected chi connectivity index (χ2v) is 4.54. The fourth-order valence-corrected chi connectivity index (χ4v) is 1.01. The summed E-state index contributed by atoms with van der Waals surface area (Å²) in [5, 5.41) is 2.65. The first-order chi connectivity index (χ1) is 7.78. The number of ether oxygens (including phenoxy) is 2. The van der Waals surface area contributed by atoms with Gasteiger partial charge in [0.2, 0.25) is 0 Å². The van der Waals surface area contributed by atoms with Gasteiger partial charge in [0, 0.05) is 7.50 Å². The van der Waals surface area contributed by atoms with Crippen LogP contribution in [-0.2, 0) is 14.3 Å². The molecule has 0 aliphatic heterocycles. The molecular formula is C12H23NO4. The van der Waals surface area contributed by atoms with Crippen LogP contribution in [0.5, 0.6) is 0 Å². The van der Waals surface area contributed by atoms with Gasteiger partial charge in [-0.3, -0.25) is 0 Å². The van der Waals surface area contributed by atoms with E-state index in [-0.39, 0.29) is 7.47 Å². The summed E-state index contributed by atoms with van der Waals surface area (Å²) < 4.78 is 9.56. The summed E-state index contributed by atoms with van der Waals surface area (Å²) in [4.78, 5) is 22.4. The number of amides is 1. The van der Waals surface area contributed by atoms with Crippen molar-refractivity contribution >= 4 is 12.1 Å². The second-order valence-electron chi connectivity index (χ2n) is 4.54. The van der Waals surface area contributed by atoms with Crippen molar-refractivity contribution in [3.8, 4) is 0 Å². The molecule has 0 radical (unpaired) electrons. The summed E-state index contributed by atoms with van der Waals surface area (Å²) in [6, 6.07) is -0.246. The van der Waals surface area contributed by atoms with Crippen molar-refractivity contribution in [3.63, 3.8) is 0 Å². The van der Waals surface area contributed by atoms with Gasteiger partial charge in [-0.15, -0.1) is 0 Å². The Labute approximate surface area is 104 Å². The maximum absolute atomic E-state index is 11.5. The number of carbonyl (C=O) groups excluding carboxylic acids is 2. The molecule has 0 rings (SSSR count). The average molecular weight is 245 g/mol. The van der Waals surface area contributed by atoms with Crippen LogP contribution in [0.1, 0.15) is 35.5 Å². The van der Waals surface area contributed by atoms with Gasteiger partial charge in [0.25, 0.3) is 0 Å². The number of carbonyl (C=O) groups is 2. The Hall–Kier alpha value is -1.52. The SMILES string of the molecule is CC[C@@H](/C=C/C(=O)OC)NC(=O)OC(C)(C)C.[HH]. The van der Waals surface area contributed by atoms with Crippen molar-refractivity contribution in [2.45, 2.75) is 45.8 Å². The third-order valence-corrected chi connectivity index (χ3v) is 1.81. The summed E-state index contributed by atoms with van der Waals surface area (Å²) in [5.41, 5.74) is -0.533. The first-order valence-corrected chi connectivity index (χ1v) is 5.54. The molecule has 0 spiro atoms. The van der Waals surface area contributed by atoms with E-state index < -0.39 is 17.7 Å². The molecule has 0 aliphatic carbocycles. The van der Waals surface area contributed by atoms with Gasteiger partial charge in [-0.25, -0.2) is 9.59 Å². The van der Waals surface area contributed by atoms with E-state index in [1.807, 2.05) is 6.92 Å². The monoisotopic (exact) mass is 245 g/mol. The molecule has 100 valence electrons. The predicted molar refractivity (Wildman–Crippen MR) is 66.7 cm³/mol. The van der Waals surface area contributed by atoms with Crippen molar-refractivity contribution in [1.82, 2.24) is 5.32 Å². The van der Waals surface area contributed by atoms with Crippen molar-refractivity contribution < 1.29 is 20.5 Å². The van der Waals surface area contributed by atoms with Gasteiger partial charge >= 0.3 is 12.1 Å². The molecule has 5 nitrogen and oxygen atoms in total. The molecule has 0 aromatic rings. The summed E-state index contributed by atoms with van der Waals surface area (Å²) in [6.07, 6.45) is 3.02. The molecule has 0 saturated carbocycles. The molecule has 1 amide bonds. The molecule has 0 aromatic carbocycles. The van der Waals surface area contributed by atoms with Gasteiger partial charge in [-0.1, -0.05) is 13.0 Å². The topological polar surface area (TPSA) is 64.6 Å². The number of alkyl carbamates (subject to hydrolysis) is 1. The molecule has 0 unspecified atom stereocenters. The van der Waals surface area contributed by atoms with Crippen LogP contribution < -0.4 is 5.32 Å². The van der Waals surface area contributed by atoms with Gasteiger partial charge in [0.1, 0.15) is 5.60 Å². The van der Waals surface area contributed by atoms with E-state index in [4.69, 9.17) is 4.74 Å². The van der Waals surface area contributed by atoms with E-state index in [9.17, 15) is 9.59 Å². The minimum atomic E-state index is -0.533. The minimum Gasteiger partial charge on any atom is -0.466 e. The summed E-state index contributed by atoms with van der Waals surface area (Å²) in [7, 11) is 1.30. The molecule has 5 heteroatoms. The zero-order chi connectivity index (χ0) is 13.5. The second kappa shape index (κ2) is 6.93. The lowest BCUT2D eigenvalue weighted by Gasteiger charge is -2.21. The maximum atomic E-state index is 11.5. The quantitative estimate of drug-likeness (QED) is 0.609. The average Bonchev–Trinajstić information content (AvgIpc) is 2.20. The molecule has 0 fully saturated rings. The van der Waals surface area contributed by atoms with Crippen LogP contribution in [0.25, 0.3) is 0 Å². The van der Waals surface area contributed by atoms with Gasteiger partial charge in [-0.2, -0.15) is 0 Å². The Morgan fingerprint density at radius 2 is 2.00 bits per heavy atom. The van der Waals surface area contributed by atoms with Crippen molar-refractivity contribution in [2.75, 3.05) is 7.11 Å². The first kappa shape index (κ1) is 15.5. The van der Waals surface area contributed by atoms with Crippen molar-refractivity contribution in [1.29, 1.82) is 0 Å². The van der Waals surface area contributed by atoms with Gasteiger partial charge in [0.05, 0.1) is 13.2 Å². The highest BCUT2D eigenvalue weighted by Gasteiger charge is 2.17. The molecule has 0 bridgehead atoms. The number of methoxy groups -OCH3 is 1. The Kier molecular flexibility index (Phi) is 6.31. The molecule has 0 aliphatic rings. The van der Waals surface area contributed by atoms with Crippen LogP contribution in [0.3, 0.4) is 0 Å². The number of rotatable bonds is 4. The maximum Gasteiger partial charge on any atom is 0.408 e. The third-order valence-electron chi connectivity index (χ3n) is 1.81. The lowest BCUT2D eigenvalue weighted by atomic mass is 10.2. The minimum absolute atomic E-state index is 0. The molecule has 0 saturated heterocycles. The van der Waals surface area contributed by atoms with Crippen LogP contribution >= 0.6 is 0 Å². The Morgan fingerprint density at radius 3 is 2.41 bits per heavy atom. The van der Waals surface area contributed by atoms with E-state index in [1.54, 1.807) is 26.8 Å². The van der Waals surface area contributed by atoms with Crippen LogP contribution in [0.15, 0.2) is 12.2 Å². The Morgan fingerprint density at radius 1 is 1.41 bits per heavy atom. The third kappa shape index (κ3) is 8.30. The highest BCUT2D eigenvalue weighted by atomic mass is 16.6. The highest BCUT2D eigenvalue weighted by Crippen LogP contribution is 2.07. The predicted octanol–water partition coefficient (Wildman–Crippen LogP) is 2.26. The normalized spacial score (nSPS) is 13.2. The van der Waals surface area contributed by atoms with E-state index >= 15 is 0 Å². The molecule has 1 N–H and O–H groups in total. The lowest BCUT2D eigenvalue weighted by Crippen LogP contribution is -2.38. The lowest BCUT2D eigenvalue weighted by molar-refractivity contribution is -0.134. The van der Waals surface area contributed by atoms with E-state index in [1.165, 1.54) is 13.2 Å². The molecule has 17 heavy (non-hydrogen) atoms.